The van der Waals surface area contributed by atoms with E-state index in [1.807, 2.05) is 24.3 Å². The van der Waals surface area contributed by atoms with Gasteiger partial charge in [-0.15, -0.1) is 0 Å². The van der Waals surface area contributed by atoms with E-state index < -0.39 is 0 Å². The zero-order valence-corrected chi connectivity index (χ0v) is 10.0. The van der Waals surface area contributed by atoms with E-state index in [1.165, 1.54) is 0 Å². The van der Waals surface area contributed by atoms with Gasteiger partial charge < -0.3 is 10.5 Å². The quantitative estimate of drug-likeness (QED) is 0.905. The topological polar surface area (TPSA) is 48.1 Å². The van der Waals surface area contributed by atoms with Crippen molar-refractivity contribution in [3.8, 4) is 5.75 Å². The van der Waals surface area contributed by atoms with Gasteiger partial charge >= 0.3 is 0 Å². The van der Waals surface area contributed by atoms with Crippen LogP contribution in [0.25, 0.3) is 0 Å². The first kappa shape index (κ1) is 11.9. The Balaban J connectivity index is 2.07. The van der Waals surface area contributed by atoms with Crippen LogP contribution >= 0.6 is 11.6 Å². The van der Waals surface area contributed by atoms with Gasteiger partial charge in [-0.2, -0.15) is 0 Å². The molecule has 0 aliphatic carbocycles. The number of nitrogens with two attached hydrogens (primary N) is 1. The van der Waals surface area contributed by atoms with E-state index in [9.17, 15) is 0 Å². The van der Waals surface area contributed by atoms with E-state index >= 15 is 0 Å². The van der Waals surface area contributed by atoms with Gasteiger partial charge in [-0.3, -0.25) is 4.98 Å². The fourth-order valence-corrected chi connectivity index (χ4v) is 1.67. The summed E-state index contributed by atoms with van der Waals surface area (Å²) in [5.74, 6) is 0.789. The Bertz CT molecular complexity index is 502. The lowest BCUT2D eigenvalue weighted by atomic mass is 10.2. The Labute approximate surface area is 105 Å². The number of aromatic nitrogens is 1. The lowest BCUT2D eigenvalue weighted by molar-refractivity contribution is 0.298. The average Bonchev–Trinajstić information content (AvgIpc) is 2.37. The van der Waals surface area contributed by atoms with Crippen molar-refractivity contribution in [1.82, 2.24) is 4.98 Å². The number of pyridine rings is 1. The third-order valence-corrected chi connectivity index (χ3v) is 2.58. The highest BCUT2D eigenvalue weighted by atomic mass is 35.5. The summed E-state index contributed by atoms with van der Waals surface area (Å²) >= 11 is 5.87. The normalized spacial score (nSPS) is 10.2. The van der Waals surface area contributed by atoms with Gasteiger partial charge in [-0.05, 0) is 18.2 Å². The first-order valence-corrected chi connectivity index (χ1v) is 5.68. The highest BCUT2D eigenvalue weighted by Gasteiger charge is 2.02. The predicted molar refractivity (Wildman–Crippen MR) is 67.9 cm³/mol. The zero-order valence-electron chi connectivity index (χ0n) is 9.27. The van der Waals surface area contributed by atoms with E-state index in [1.54, 1.807) is 18.3 Å². The number of para-hydroxylation sites is 1. The lowest BCUT2D eigenvalue weighted by Gasteiger charge is -2.09. The molecule has 0 fully saturated rings. The SMILES string of the molecule is NCc1ccccc1OCc1cc(Cl)ccn1. The highest BCUT2D eigenvalue weighted by Crippen LogP contribution is 2.18. The van der Waals surface area contributed by atoms with Crippen LogP contribution in [-0.4, -0.2) is 4.98 Å². The summed E-state index contributed by atoms with van der Waals surface area (Å²) in [6.45, 7) is 0.844. The Morgan fingerprint density at radius 2 is 2.06 bits per heavy atom. The highest BCUT2D eigenvalue weighted by molar-refractivity contribution is 6.30. The maximum Gasteiger partial charge on any atom is 0.130 e. The molecule has 2 rings (SSSR count). The van der Waals surface area contributed by atoms with Crippen molar-refractivity contribution in [2.75, 3.05) is 0 Å². The van der Waals surface area contributed by atoms with Gasteiger partial charge in [-0.25, -0.2) is 0 Å². The summed E-state index contributed by atoms with van der Waals surface area (Å²) in [5.41, 5.74) is 7.40. The molecule has 0 aliphatic heterocycles. The summed E-state index contributed by atoms with van der Waals surface area (Å²) in [7, 11) is 0. The lowest BCUT2D eigenvalue weighted by Crippen LogP contribution is -2.03. The van der Waals surface area contributed by atoms with Gasteiger partial charge in [-0.1, -0.05) is 29.8 Å². The molecule has 0 unspecified atom stereocenters. The monoisotopic (exact) mass is 248 g/mol. The Kier molecular flexibility index (Phi) is 3.96. The molecule has 0 saturated heterocycles. The summed E-state index contributed by atoms with van der Waals surface area (Å²) in [6.07, 6.45) is 1.66. The number of hydrogen-bond acceptors (Lipinski definition) is 3. The zero-order chi connectivity index (χ0) is 12.1. The van der Waals surface area contributed by atoms with Crippen LogP contribution in [0, 0.1) is 0 Å². The minimum absolute atomic E-state index is 0.386. The first-order chi connectivity index (χ1) is 8.29. The van der Waals surface area contributed by atoms with Gasteiger partial charge in [0.05, 0.1) is 5.69 Å². The first-order valence-electron chi connectivity index (χ1n) is 5.31. The molecule has 2 N–H and O–H groups in total. The van der Waals surface area contributed by atoms with Crippen LogP contribution in [0.5, 0.6) is 5.75 Å². The Morgan fingerprint density at radius 1 is 1.24 bits per heavy atom. The molecule has 2 aromatic rings. The molecule has 0 aliphatic rings. The molecule has 3 nitrogen and oxygen atoms in total. The van der Waals surface area contributed by atoms with Crippen molar-refractivity contribution in [2.45, 2.75) is 13.2 Å². The smallest absolute Gasteiger partial charge is 0.130 e. The molecular weight excluding hydrogens is 236 g/mol. The second kappa shape index (κ2) is 5.66. The maximum absolute atomic E-state index is 5.87. The minimum Gasteiger partial charge on any atom is -0.487 e. The van der Waals surface area contributed by atoms with Crippen molar-refractivity contribution in [1.29, 1.82) is 0 Å². The standard InChI is InChI=1S/C13H13ClN2O/c14-11-5-6-16-12(7-11)9-17-13-4-2-1-3-10(13)8-15/h1-7H,8-9,15H2. The van der Waals surface area contributed by atoms with E-state index in [0.717, 1.165) is 17.0 Å². The molecule has 0 atom stereocenters. The summed E-state index contributed by atoms with van der Waals surface area (Å²) < 4.78 is 5.67. The van der Waals surface area contributed by atoms with Crippen LogP contribution in [0.15, 0.2) is 42.6 Å². The molecule has 1 aromatic carbocycles. The fourth-order valence-electron chi connectivity index (χ4n) is 1.49. The van der Waals surface area contributed by atoms with Gasteiger partial charge in [0.2, 0.25) is 0 Å². The van der Waals surface area contributed by atoms with Gasteiger partial charge in [0, 0.05) is 23.3 Å². The van der Waals surface area contributed by atoms with Crippen LogP contribution in [0.2, 0.25) is 5.02 Å². The molecule has 4 heteroatoms. The maximum atomic E-state index is 5.87. The van der Waals surface area contributed by atoms with Crippen molar-refractivity contribution in [3.63, 3.8) is 0 Å². The minimum atomic E-state index is 0.386. The van der Waals surface area contributed by atoms with Crippen molar-refractivity contribution < 1.29 is 4.74 Å². The van der Waals surface area contributed by atoms with Gasteiger partial charge in [0.25, 0.3) is 0 Å². The molecule has 0 spiro atoms. The molecule has 0 saturated carbocycles. The van der Waals surface area contributed by atoms with Crippen LogP contribution in [0.4, 0.5) is 0 Å². The fraction of sp³-hybridized carbons (Fsp3) is 0.154. The molecule has 0 bridgehead atoms. The predicted octanol–water partition coefficient (Wildman–Crippen LogP) is 2.77. The average molecular weight is 249 g/mol. The third-order valence-electron chi connectivity index (χ3n) is 2.35. The molecule has 1 aromatic heterocycles. The van der Waals surface area contributed by atoms with E-state index in [-0.39, 0.29) is 0 Å². The number of hydrogen-bond donors (Lipinski definition) is 1. The van der Waals surface area contributed by atoms with Crippen molar-refractivity contribution in [3.05, 3.63) is 58.9 Å². The number of halogens is 1. The number of ether oxygens (including phenoxy) is 1. The molecule has 1 heterocycles. The summed E-state index contributed by atoms with van der Waals surface area (Å²) in [5, 5.41) is 0.658. The second-order valence-corrected chi connectivity index (χ2v) is 4.00. The van der Waals surface area contributed by atoms with Crippen molar-refractivity contribution in [2.24, 2.45) is 5.73 Å². The Hall–Kier alpha value is -1.58. The number of benzene rings is 1. The molecule has 0 radical (unpaired) electrons. The summed E-state index contributed by atoms with van der Waals surface area (Å²) in [6, 6.07) is 11.2. The summed E-state index contributed by atoms with van der Waals surface area (Å²) in [4.78, 5) is 4.17. The van der Waals surface area contributed by atoms with Crippen LogP contribution in [0.1, 0.15) is 11.3 Å². The van der Waals surface area contributed by atoms with Crippen LogP contribution in [0.3, 0.4) is 0 Å². The third kappa shape index (κ3) is 3.19. The Morgan fingerprint density at radius 3 is 2.82 bits per heavy atom. The van der Waals surface area contributed by atoms with E-state index in [0.29, 0.717) is 18.2 Å². The molecule has 17 heavy (non-hydrogen) atoms. The van der Waals surface area contributed by atoms with Gasteiger partial charge in [0.1, 0.15) is 12.4 Å². The van der Waals surface area contributed by atoms with Crippen LogP contribution in [-0.2, 0) is 13.2 Å². The van der Waals surface area contributed by atoms with Crippen molar-refractivity contribution >= 4 is 11.6 Å². The molecule has 0 amide bonds. The second-order valence-electron chi connectivity index (χ2n) is 3.57. The van der Waals surface area contributed by atoms with E-state index in [4.69, 9.17) is 22.1 Å². The molecule has 88 valence electrons. The molecular formula is C13H13ClN2O. The van der Waals surface area contributed by atoms with Gasteiger partial charge in [0.15, 0.2) is 0 Å². The van der Waals surface area contributed by atoms with Crippen LogP contribution < -0.4 is 10.5 Å². The van der Waals surface area contributed by atoms with E-state index in [2.05, 4.69) is 4.98 Å². The number of nitrogens with zero attached hydrogens (tertiary/aromatic N) is 1. The number of rotatable bonds is 4. The largest absolute Gasteiger partial charge is 0.487 e.